The van der Waals surface area contributed by atoms with Crippen molar-refractivity contribution in [2.24, 2.45) is 5.92 Å². The van der Waals surface area contributed by atoms with Crippen LogP contribution in [0.3, 0.4) is 0 Å². The molecule has 3 rings (SSSR count). The van der Waals surface area contributed by atoms with Gasteiger partial charge in [-0.3, -0.25) is 4.79 Å². The molecule has 0 spiro atoms. The molecular weight excluding hydrogens is 318 g/mol. The van der Waals surface area contributed by atoms with Gasteiger partial charge in [-0.15, -0.1) is 0 Å². The molecule has 1 amide bonds. The van der Waals surface area contributed by atoms with E-state index in [2.05, 4.69) is 5.10 Å². The lowest BCUT2D eigenvalue weighted by molar-refractivity contribution is 0.0514. The molecule has 25 heavy (non-hydrogen) atoms. The highest BCUT2D eigenvalue weighted by atomic mass is 16.5. The fraction of sp³-hybridized carbons (Fsp3) is 0.474. The van der Waals surface area contributed by atoms with Crippen molar-refractivity contribution in [3.8, 4) is 11.4 Å². The molecule has 0 aliphatic carbocycles. The summed E-state index contributed by atoms with van der Waals surface area (Å²) in [7, 11) is 0. The average Bonchev–Trinajstić information content (AvgIpc) is 3.06. The van der Waals surface area contributed by atoms with E-state index < -0.39 is 0 Å². The predicted molar refractivity (Wildman–Crippen MR) is 95.0 cm³/mol. The molecule has 1 atom stereocenters. The Hall–Kier alpha value is -2.34. The topological polar surface area (TPSA) is 67.6 Å². The Labute approximate surface area is 148 Å². The number of hydrogen-bond acceptors (Lipinski definition) is 4. The molecule has 6 nitrogen and oxygen atoms in total. The van der Waals surface area contributed by atoms with Crippen LogP contribution in [0, 0.1) is 5.92 Å². The van der Waals surface area contributed by atoms with Gasteiger partial charge in [-0.1, -0.05) is 18.2 Å². The number of carbonyl (C=O) groups is 1. The first-order valence-corrected chi connectivity index (χ1v) is 8.85. The summed E-state index contributed by atoms with van der Waals surface area (Å²) >= 11 is 0. The fourth-order valence-electron chi connectivity index (χ4n) is 3.22. The number of likely N-dealkylation sites (tertiary alicyclic amines) is 1. The maximum atomic E-state index is 12.9. The largest absolute Gasteiger partial charge is 0.490 e. The number of piperidine rings is 1. The van der Waals surface area contributed by atoms with E-state index >= 15 is 0 Å². The molecule has 0 radical (unpaired) electrons. The van der Waals surface area contributed by atoms with E-state index in [-0.39, 0.29) is 17.9 Å². The van der Waals surface area contributed by atoms with E-state index in [1.165, 1.54) is 0 Å². The SMILES string of the molecule is CCOc1cn(-c2ccccc2)nc1C(=O)N1CCC(C(C)O)CC1. The summed E-state index contributed by atoms with van der Waals surface area (Å²) in [5, 5.41) is 14.2. The van der Waals surface area contributed by atoms with Gasteiger partial charge in [0.2, 0.25) is 0 Å². The molecule has 0 saturated carbocycles. The first-order valence-electron chi connectivity index (χ1n) is 8.85. The second-order valence-corrected chi connectivity index (χ2v) is 6.43. The highest BCUT2D eigenvalue weighted by molar-refractivity contribution is 5.95. The zero-order valence-corrected chi connectivity index (χ0v) is 14.8. The molecular formula is C19H25N3O3. The van der Waals surface area contributed by atoms with Crippen LogP contribution in [0.15, 0.2) is 36.5 Å². The average molecular weight is 343 g/mol. The molecule has 1 fully saturated rings. The van der Waals surface area contributed by atoms with Crippen LogP contribution < -0.4 is 4.74 Å². The van der Waals surface area contributed by atoms with Gasteiger partial charge in [0, 0.05) is 13.1 Å². The van der Waals surface area contributed by atoms with E-state index in [0.29, 0.717) is 31.1 Å². The van der Waals surface area contributed by atoms with Crippen molar-refractivity contribution < 1.29 is 14.6 Å². The molecule has 2 aromatic rings. The van der Waals surface area contributed by atoms with Crippen LogP contribution in [-0.2, 0) is 0 Å². The summed E-state index contributed by atoms with van der Waals surface area (Å²) in [4.78, 5) is 14.7. The molecule has 1 aromatic carbocycles. The van der Waals surface area contributed by atoms with E-state index in [1.807, 2.05) is 44.2 Å². The number of amides is 1. The van der Waals surface area contributed by atoms with E-state index in [4.69, 9.17) is 4.74 Å². The standard InChI is InChI=1S/C19H25N3O3/c1-3-25-17-13-22(16-7-5-4-6-8-16)20-18(17)19(24)21-11-9-15(10-12-21)14(2)23/h4-8,13-15,23H,3,9-12H2,1-2H3. The van der Waals surface area contributed by atoms with E-state index in [1.54, 1.807) is 15.8 Å². The lowest BCUT2D eigenvalue weighted by Crippen LogP contribution is -2.41. The highest BCUT2D eigenvalue weighted by Crippen LogP contribution is 2.25. The van der Waals surface area contributed by atoms with Crippen molar-refractivity contribution in [1.29, 1.82) is 0 Å². The molecule has 1 saturated heterocycles. The Morgan fingerprint density at radius 2 is 2.00 bits per heavy atom. The molecule has 1 N–H and O–H groups in total. The Morgan fingerprint density at radius 1 is 1.32 bits per heavy atom. The van der Waals surface area contributed by atoms with E-state index in [9.17, 15) is 9.90 Å². The van der Waals surface area contributed by atoms with Crippen LogP contribution in [-0.4, -0.2) is 51.5 Å². The second-order valence-electron chi connectivity index (χ2n) is 6.43. The number of aromatic nitrogens is 2. The minimum atomic E-state index is -0.325. The van der Waals surface area contributed by atoms with Crippen molar-refractivity contribution in [1.82, 2.24) is 14.7 Å². The quantitative estimate of drug-likeness (QED) is 0.906. The summed E-state index contributed by atoms with van der Waals surface area (Å²) in [5.74, 6) is 0.661. The summed E-state index contributed by atoms with van der Waals surface area (Å²) in [6, 6.07) is 9.67. The number of benzene rings is 1. The first-order chi connectivity index (χ1) is 12.1. The highest BCUT2D eigenvalue weighted by Gasteiger charge is 2.29. The maximum Gasteiger partial charge on any atom is 0.278 e. The van der Waals surface area contributed by atoms with Crippen molar-refractivity contribution in [3.63, 3.8) is 0 Å². The van der Waals surface area contributed by atoms with Gasteiger partial charge in [0.25, 0.3) is 5.91 Å². The second kappa shape index (κ2) is 7.70. The molecule has 134 valence electrons. The predicted octanol–water partition coefficient (Wildman–Crippen LogP) is 2.50. The lowest BCUT2D eigenvalue weighted by Gasteiger charge is -2.32. The third-order valence-corrected chi connectivity index (χ3v) is 4.71. The molecule has 1 unspecified atom stereocenters. The van der Waals surface area contributed by atoms with Gasteiger partial charge in [-0.25, -0.2) is 4.68 Å². The van der Waals surface area contributed by atoms with Crippen molar-refractivity contribution in [2.75, 3.05) is 19.7 Å². The first kappa shape index (κ1) is 17.5. The number of ether oxygens (including phenoxy) is 1. The normalized spacial score (nSPS) is 16.7. The zero-order valence-electron chi connectivity index (χ0n) is 14.8. The molecule has 1 aliphatic heterocycles. The smallest absolute Gasteiger partial charge is 0.278 e. The number of rotatable bonds is 5. The maximum absolute atomic E-state index is 12.9. The number of nitrogens with zero attached hydrogens (tertiary/aromatic N) is 3. The number of aliphatic hydroxyl groups excluding tert-OH is 1. The summed E-state index contributed by atoms with van der Waals surface area (Å²) in [5.41, 5.74) is 1.23. The van der Waals surface area contributed by atoms with Crippen molar-refractivity contribution >= 4 is 5.91 Å². The third kappa shape index (κ3) is 3.85. The Morgan fingerprint density at radius 3 is 2.60 bits per heavy atom. The van der Waals surface area contributed by atoms with Gasteiger partial charge in [0.05, 0.1) is 24.6 Å². The molecule has 6 heteroatoms. The Balaban J connectivity index is 1.81. The number of aliphatic hydroxyl groups is 1. The fourth-order valence-corrected chi connectivity index (χ4v) is 3.22. The van der Waals surface area contributed by atoms with Crippen LogP contribution in [0.25, 0.3) is 5.69 Å². The summed E-state index contributed by atoms with van der Waals surface area (Å²) < 4.78 is 7.32. The Kier molecular flexibility index (Phi) is 5.38. The van der Waals surface area contributed by atoms with Gasteiger partial charge in [0.15, 0.2) is 11.4 Å². The van der Waals surface area contributed by atoms with Gasteiger partial charge in [-0.05, 0) is 44.7 Å². The van der Waals surface area contributed by atoms with Gasteiger partial charge < -0.3 is 14.7 Å². The van der Waals surface area contributed by atoms with Crippen LogP contribution in [0.5, 0.6) is 5.75 Å². The van der Waals surface area contributed by atoms with Crippen LogP contribution >= 0.6 is 0 Å². The van der Waals surface area contributed by atoms with Crippen LogP contribution in [0.2, 0.25) is 0 Å². The summed E-state index contributed by atoms with van der Waals surface area (Å²) in [6.45, 7) is 5.46. The minimum Gasteiger partial charge on any atom is -0.490 e. The lowest BCUT2D eigenvalue weighted by atomic mass is 9.92. The van der Waals surface area contributed by atoms with Gasteiger partial charge in [-0.2, -0.15) is 5.10 Å². The molecule has 1 aromatic heterocycles. The van der Waals surface area contributed by atoms with E-state index in [0.717, 1.165) is 18.5 Å². The molecule has 1 aliphatic rings. The molecule has 2 heterocycles. The Bertz CT molecular complexity index is 704. The van der Waals surface area contributed by atoms with Crippen molar-refractivity contribution in [2.45, 2.75) is 32.8 Å². The summed E-state index contributed by atoms with van der Waals surface area (Å²) in [6.07, 6.45) is 3.06. The van der Waals surface area contributed by atoms with Crippen LogP contribution in [0.4, 0.5) is 0 Å². The molecule has 0 bridgehead atoms. The number of carbonyl (C=O) groups excluding carboxylic acids is 1. The minimum absolute atomic E-state index is 0.109. The number of para-hydroxylation sites is 1. The van der Waals surface area contributed by atoms with Crippen LogP contribution in [0.1, 0.15) is 37.2 Å². The van der Waals surface area contributed by atoms with Gasteiger partial charge >= 0.3 is 0 Å². The van der Waals surface area contributed by atoms with Gasteiger partial charge in [0.1, 0.15) is 0 Å². The zero-order chi connectivity index (χ0) is 17.8. The third-order valence-electron chi connectivity index (χ3n) is 4.71. The van der Waals surface area contributed by atoms with Crippen molar-refractivity contribution in [3.05, 3.63) is 42.2 Å². The number of hydrogen-bond donors (Lipinski definition) is 1. The monoisotopic (exact) mass is 343 g/mol.